The van der Waals surface area contributed by atoms with Gasteiger partial charge < -0.3 is 4.57 Å². The zero-order chi connectivity index (χ0) is 23.5. The number of aryl methyl sites for hydroxylation is 1. The zero-order valence-corrected chi connectivity index (χ0v) is 19.3. The molecule has 34 heavy (non-hydrogen) atoms. The quantitative estimate of drug-likeness (QED) is 0.220. The molecule has 1 heterocycles. The Hall–Kier alpha value is -4.24. The van der Waals surface area contributed by atoms with Crippen LogP contribution >= 0.6 is 0 Å². The Kier molecular flexibility index (Phi) is 5.69. The van der Waals surface area contributed by atoms with Crippen LogP contribution in [-0.4, -0.2) is 15.3 Å². The Bertz CT molecular complexity index is 1320. The number of nitrogens with zero attached hydrogens (tertiary/aromatic N) is 2. The summed E-state index contributed by atoms with van der Waals surface area (Å²) in [5, 5.41) is 0. The van der Waals surface area contributed by atoms with Crippen LogP contribution in [0, 0.1) is 13.8 Å². The fraction of sp³-hybridized carbons (Fsp3) is 0.0968. The standard InChI is InChI=1S/C31H26N2O/c1-23-13-12-20-28(24(23)2)30(34)29-21-33(22-32-29)31(25-14-6-3-7-15-25,26-16-8-4-9-17-26)27-18-10-5-11-19-27/h3-22H,1-2H3. The lowest BCUT2D eigenvalue weighted by Crippen LogP contribution is -2.37. The number of carbonyl (C=O) groups is 1. The lowest BCUT2D eigenvalue weighted by atomic mass is 9.77. The molecule has 0 radical (unpaired) electrons. The van der Waals surface area contributed by atoms with Crippen molar-refractivity contribution in [3.05, 3.63) is 161 Å². The molecule has 5 aromatic rings. The Morgan fingerprint density at radius 2 is 1.18 bits per heavy atom. The summed E-state index contributed by atoms with van der Waals surface area (Å²) in [7, 11) is 0. The van der Waals surface area contributed by atoms with Gasteiger partial charge in [-0.3, -0.25) is 4.79 Å². The SMILES string of the molecule is Cc1cccc(C(=O)c2cn(C(c3ccccc3)(c3ccccc3)c3ccccc3)cn2)c1C. The lowest BCUT2D eigenvalue weighted by molar-refractivity contribution is 0.103. The first-order chi connectivity index (χ1) is 16.6. The van der Waals surface area contributed by atoms with Crippen molar-refractivity contribution in [3.8, 4) is 0 Å². The Labute approximate surface area is 200 Å². The number of imidazole rings is 1. The fourth-order valence-electron chi connectivity index (χ4n) is 4.74. The van der Waals surface area contributed by atoms with E-state index in [0.29, 0.717) is 11.3 Å². The molecule has 0 fully saturated rings. The molecule has 0 aliphatic carbocycles. The van der Waals surface area contributed by atoms with Gasteiger partial charge in [0.15, 0.2) is 0 Å². The van der Waals surface area contributed by atoms with Crippen molar-refractivity contribution in [3.63, 3.8) is 0 Å². The van der Waals surface area contributed by atoms with Gasteiger partial charge in [0.25, 0.3) is 0 Å². The Balaban J connectivity index is 1.75. The molecule has 0 N–H and O–H groups in total. The van der Waals surface area contributed by atoms with Crippen molar-refractivity contribution >= 4 is 5.78 Å². The summed E-state index contributed by atoms with van der Waals surface area (Å²) in [6.07, 6.45) is 3.67. The predicted octanol–water partition coefficient (Wildman–Crippen LogP) is 6.57. The third kappa shape index (κ3) is 3.56. The van der Waals surface area contributed by atoms with Crippen LogP contribution in [0.2, 0.25) is 0 Å². The van der Waals surface area contributed by atoms with Crippen LogP contribution in [-0.2, 0) is 5.54 Å². The van der Waals surface area contributed by atoms with Crippen LogP contribution in [0.4, 0.5) is 0 Å². The first-order valence-corrected chi connectivity index (χ1v) is 11.4. The number of hydrogen-bond donors (Lipinski definition) is 0. The molecule has 5 rings (SSSR count). The van der Waals surface area contributed by atoms with Gasteiger partial charge in [0.1, 0.15) is 11.2 Å². The highest BCUT2D eigenvalue weighted by Crippen LogP contribution is 2.40. The lowest BCUT2D eigenvalue weighted by Gasteiger charge is -2.37. The molecule has 1 aromatic heterocycles. The molecule has 4 aromatic carbocycles. The minimum Gasteiger partial charge on any atom is -0.318 e. The van der Waals surface area contributed by atoms with Gasteiger partial charge >= 0.3 is 0 Å². The molecule has 0 saturated carbocycles. The molecule has 3 heteroatoms. The number of carbonyl (C=O) groups excluding carboxylic acids is 1. The molecule has 0 amide bonds. The maximum absolute atomic E-state index is 13.5. The molecule has 3 nitrogen and oxygen atoms in total. The maximum Gasteiger partial charge on any atom is 0.213 e. The summed E-state index contributed by atoms with van der Waals surface area (Å²) >= 11 is 0. The van der Waals surface area contributed by atoms with Crippen molar-refractivity contribution in [1.82, 2.24) is 9.55 Å². The van der Waals surface area contributed by atoms with E-state index >= 15 is 0 Å². The number of aromatic nitrogens is 2. The number of ketones is 1. The second kappa shape index (κ2) is 8.95. The van der Waals surface area contributed by atoms with E-state index in [9.17, 15) is 4.79 Å². The smallest absolute Gasteiger partial charge is 0.213 e. The normalized spacial score (nSPS) is 11.4. The summed E-state index contributed by atoms with van der Waals surface area (Å²) in [4.78, 5) is 18.1. The Morgan fingerprint density at radius 1 is 0.676 bits per heavy atom. The molecular formula is C31H26N2O. The van der Waals surface area contributed by atoms with Crippen LogP contribution in [0.15, 0.2) is 122 Å². The van der Waals surface area contributed by atoms with E-state index in [4.69, 9.17) is 0 Å². The monoisotopic (exact) mass is 442 g/mol. The second-order valence-electron chi connectivity index (χ2n) is 8.55. The van der Waals surface area contributed by atoms with E-state index in [1.807, 2.05) is 56.4 Å². The van der Waals surface area contributed by atoms with Crippen molar-refractivity contribution < 1.29 is 4.79 Å². The molecule has 0 aliphatic rings. The summed E-state index contributed by atoms with van der Waals surface area (Å²) in [5.41, 5.74) is 5.80. The van der Waals surface area contributed by atoms with Crippen LogP contribution in [0.1, 0.15) is 43.9 Å². The number of rotatable bonds is 6. The molecule has 0 aliphatic heterocycles. The van der Waals surface area contributed by atoms with Crippen molar-refractivity contribution in [2.24, 2.45) is 0 Å². The van der Waals surface area contributed by atoms with E-state index in [1.165, 1.54) is 0 Å². The summed E-state index contributed by atoms with van der Waals surface area (Å²) in [6, 6.07) is 37.0. The van der Waals surface area contributed by atoms with E-state index in [1.54, 1.807) is 6.33 Å². The zero-order valence-electron chi connectivity index (χ0n) is 19.3. The van der Waals surface area contributed by atoms with Gasteiger partial charge in [-0.1, -0.05) is 109 Å². The van der Waals surface area contributed by atoms with E-state index in [0.717, 1.165) is 27.8 Å². The highest BCUT2D eigenvalue weighted by molar-refractivity contribution is 6.08. The van der Waals surface area contributed by atoms with Gasteiger partial charge in [0.2, 0.25) is 5.78 Å². The molecule has 166 valence electrons. The molecule has 0 saturated heterocycles. The average Bonchev–Trinajstić information content (AvgIpc) is 3.38. The average molecular weight is 443 g/mol. The number of benzene rings is 4. The van der Waals surface area contributed by atoms with Crippen LogP contribution in [0.25, 0.3) is 0 Å². The molecule has 0 unspecified atom stereocenters. The fourth-order valence-corrected chi connectivity index (χ4v) is 4.74. The Morgan fingerprint density at radius 3 is 1.68 bits per heavy atom. The van der Waals surface area contributed by atoms with Crippen molar-refractivity contribution in [2.45, 2.75) is 19.4 Å². The minimum atomic E-state index is -0.684. The third-order valence-electron chi connectivity index (χ3n) is 6.63. The first-order valence-electron chi connectivity index (χ1n) is 11.4. The van der Waals surface area contributed by atoms with Gasteiger partial charge in [-0.15, -0.1) is 0 Å². The van der Waals surface area contributed by atoms with E-state index < -0.39 is 5.54 Å². The highest BCUT2D eigenvalue weighted by Gasteiger charge is 2.38. The predicted molar refractivity (Wildman–Crippen MR) is 136 cm³/mol. The molecule has 0 bridgehead atoms. The van der Waals surface area contributed by atoms with E-state index in [-0.39, 0.29) is 5.78 Å². The van der Waals surface area contributed by atoms with Crippen LogP contribution < -0.4 is 0 Å². The third-order valence-corrected chi connectivity index (χ3v) is 6.63. The topological polar surface area (TPSA) is 34.9 Å². The van der Waals surface area contributed by atoms with Crippen LogP contribution in [0.5, 0.6) is 0 Å². The molecule has 0 atom stereocenters. The van der Waals surface area contributed by atoms with E-state index in [2.05, 4.69) is 82.3 Å². The second-order valence-corrected chi connectivity index (χ2v) is 8.55. The van der Waals surface area contributed by atoms with Crippen molar-refractivity contribution in [1.29, 1.82) is 0 Å². The highest BCUT2D eigenvalue weighted by atomic mass is 16.1. The van der Waals surface area contributed by atoms with Crippen LogP contribution in [0.3, 0.4) is 0 Å². The first kappa shape index (κ1) is 21.6. The summed E-state index contributed by atoms with van der Waals surface area (Å²) in [6.45, 7) is 4.01. The summed E-state index contributed by atoms with van der Waals surface area (Å²) in [5.74, 6) is -0.0666. The summed E-state index contributed by atoms with van der Waals surface area (Å²) < 4.78 is 2.07. The maximum atomic E-state index is 13.5. The number of hydrogen-bond acceptors (Lipinski definition) is 2. The van der Waals surface area contributed by atoms with Crippen molar-refractivity contribution in [2.75, 3.05) is 0 Å². The largest absolute Gasteiger partial charge is 0.318 e. The molecule has 0 spiro atoms. The molecular weight excluding hydrogens is 416 g/mol. The van der Waals surface area contributed by atoms with Gasteiger partial charge in [-0.2, -0.15) is 0 Å². The van der Waals surface area contributed by atoms with Gasteiger partial charge in [-0.05, 0) is 41.7 Å². The minimum absolute atomic E-state index is 0.0666. The van der Waals surface area contributed by atoms with Gasteiger partial charge in [0.05, 0.1) is 6.33 Å². The van der Waals surface area contributed by atoms with Gasteiger partial charge in [-0.25, -0.2) is 4.98 Å². The van der Waals surface area contributed by atoms with Gasteiger partial charge in [0, 0.05) is 11.8 Å².